The zero-order valence-electron chi connectivity index (χ0n) is 17.0. The number of hydrogen-bond acceptors (Lipinski definition) is 3. The Morgan fingerprint density at radius 3 is 1.06 bits per heavy atom. The van der Waals surface area contributed by atoms with E-state index >= 15 is 0 Å². The van der Waals surface area contributed by atoms with Crippen LogP contribution in [0.4, 0.5) is 0 Å². The highest BCUT2D eigenvalue weighted by molar-refractivity contribution is 8.11. The third kappa shape index (κ3) is 3.99. The van der Waals surface area contributed by atoms with Gasteiger partial charge in [-0.2, -0.15) is 0 Å². The van der Waals surface area contributed by atoms with Gasteiger partial charge < -0.3 is 0 Å². The van der Waals surface area contributed by atoms with Crippen LogP contribution in [0.25, 0.3) is 0 Å². The van der Waals surface area contributed by atoms with Crippen molar-refractivity contribution in [3.05, 3.63) is 121 Å². The summed E-state index contributed by atoms with van der Waals surface area (Å²) in [6.45, 7) is -5.72. The number of nitrogens with zero attached hydrogens (tertiary/aromatic N) is 3. The average Bonchev–Trinajstić information content (AvgIpc) is 2.86. The molecule has 0 aliphatic carbocycles. The maximum atomic E-state index is 7.41. The van der Waals surface area contributed by atoms with Crippen LogP contribution >= 0.6 is 42.8 Å². The van der Waals surface area contributed by atoms with Crippen LogP contribution in [0.15, 0.2) is 135 Å². The zero-order chi connectivity index (χ0) is 22.1. The van der Waals surface area contributed by atoms with Gasteiger partial charge in [-0.3, -0.25) is 0 Å². The first-order valence-electron chi connectivity index (χ1n) is 10.1. The zero-order valence-corrected chi connectivity index (χ0v) is 21.2. The predicted molar refractivity (Wildman–Crippen MR) is 144 cm³/mol. The van der Waals surface area contributed by atoms with Gasteiger partial charge in [0.2, 0.25) is 0 Å². The minimum Gasteiger partial charge on any atom is -0.213 e. The summed E-state index contributed by atoms with van der Waals surface area (Å²) in [6.07, 6.45) is 0. The molecule has 0 spiro atoms. The lowest BCUT2D eigenvalue weighted by atomic mass is 10.4. The van der Waals surface area contributed by atoms with Crippen molar-refractivity contribution in [1.29, 1.82) is 0 Å². The Morgan fingerprint density at radius 2 is 0.688 bits per heavy atom. The second-order valence-corrected chi connectivity index (χ2v) is 17.6. The summed E-state index contributed by atoms with van der Waals surface area (Å²) in [5.74, 6) is 0. The maximum absolute atomic E-state index is 7.41. The smallest absolute Gasteiger partial charge is 0.195 e. The van der Waals surface area contributed by atoms with Crippen molar-refractivity contribution in [3.8, 4) is 0 Å². The molecule has 1 aliphatic rings. The highest BCUT2D eigenvalue weighted by Gasteiger charge is 2.38. The molecule has 0 bridgehead atoms. The Hall–Kier alpha value is -1.85. The summed E-state index contributed by atoms with van der Waals surface area (Å²) in [5, 5.41) is 3.86. The molecule has 0 radical (unpaired) electrons. The molecule has 4 aromatic rings. The van der Waals surface area contributed by atoms with Crippen LogP contribution in [0.2, 0.25) is 0 Å². The molecule has 0 fully saturated rings. The molecule has 5 rings (SSSR count). The first-order valence-corrected chi connectivity index (χ1v) is 17.0. The summed E-state index contributed by atoms with van der Waals surface area (Å²) in [4.78, 5) is 0. The van der Waals surface area contributed by atoms with Crippen LogP contribution in [-0.4, -0.2) is 0 Å². The van der Waals surface area contributed by atoms with E-state index in [1.54, 1.807) is 0 Å². The lowest BCUT2D eigenvalue weighted by Crippen LogP contribution is -2.17. The predicted octanol–water partition coefficient (Wildman–Crippen LogP) is 7.96. The maximum Gasteiger partial charge on any atom is 0.195 e. The van der Waals surface area contributed by atoms with Crippen LogP contribution < -0.4 is 21.2 Å². The van der Waals surface area contributed by atoms with Crippen LogP contribution in [0, 0.1) is 0 Å². The minimum atomic E-state index is -2.86. The van der Waals surface area contributed by atoms with Gasteiger partial charge in [0.15, 0.2) is 13.1 Å². The molecular formula is C24H20Cl2N3P3. The van der Waals surface area contributed by atoms with E-state index < -0.39 is 20.3 Å². The van der Waals surface area contributed by atoms with E-state index in [9.17, 15) is 0 Å². The fourth-order valence-corrected chi connectivity index (χ4v) is 19.4. The van der Waals surface area contributed by atoms with E-state index in [-0.39, 0.29) is 0 Å². The lowest BCUT2D eigenvalue weighted by molar-refractivity contribution is 1.65. The molecule has 160 valence electrons. The molecule has 1 heterocycles. The molecule has 0 aromatic heterocycles. The van der Waals surface area contributed by atoms with Crippen molar-refractivity contribution in [2.45, 2.75) is 0 Å². The van der Waals surface area contributed by atoms with Gasteiger partial charge in [-0.05, 0) is 22.5 Å². The third-order valence-electron chi connectivity index (χ3n) is 5.13. The lowest BCUT2D eigenvalue weighted by Gasteiger charge is -2.32. The van der Waals surface area contributed by atoms with Crippen LogP contribution in [-0.2, 0) is 0 Å². The molecule has 2 atom stereocenters. The van der Waals surface area contributed by atoms with E-state index in [4.69, 9.17) is 36.0 Å². The molecule has 0 N–H and O–H groups in total. The Bertz CT molecular complexity index is 1320. The number of hydrogen-bond donors (Lipinski definition) is 0. The van der Waals surface area contributed by atoms with Crippen molar-refractivity contribution < 1.29 is 0 Å². The van der Waals surface area contributed by atoms with Gasteiger partial charge in [0.25, 0.3) is 0 Å². The fourth-order valence-electron chi connectivity index (χ4n) is 3.62. The van der Waals surface area contributed by atoms with Crippen LogP contribution in [0.3, 0.4) is 0 Å². The Morgan fingerprint density at radius 1 is 0.375 bits per heavy atom. The van der Waals surface area contributed by atoms with Gasteiger partial charge in [0.1, 0.15) is 7.21 Å². The van der Waals surface area contributed by atoms with Gasteiger partial charge in [-0.15, -0.1) is 0 Å². The highest BCUT2D eigenvalue weighted by Crippen LogP contribution is 2.80. The molecule has 4 aromatic carbocycles. The monoisotopic (exact) mass is 513 g/mol. The van der Waals surface area contributed by atoms with E-state index in [0.717, 1.165) is 21.2 Å². The second-order valence-electron chi connectivity index (χ2n) is 7.26. The molecule has 32 heavy (non-hydrogen) atoms. The van der Waals surface area contributed by atoms with Gasteiger partial charge >= 0.3 is 0 Å². The summed E-state index contributed by atoms with van der Waals surface area (Å²) < 4.78 is 15.8. The molecule has 0 unspecified atom stereocenters. The van der Waals surface area contributed by atoms with Crippen LogP contribution in [0.5, 0.6) is 0 Å². The van der Waals surface area contributed by atoms with Gasteiger partial charge in [-0.25, -0.2) is 13.5 Å². The fraction of sp³-hybridized carbons (Fsp3) is 0. The van der Waals surface area contributed by atoms with Crippen LogP contribution in [0.1, 0.15) is 0 Å². The number of halogens is 2. The summed E-state index contributed by atoms with van der Waals surface area (Å²) in [7, 11) is -2.68. The van der Waals surface area contributed by atoms with E-state index in [2.05, 4.69) is 24.3 Å². The van der Waals surface area contributed by atoms with Crippen molar-refractivity contribution >= 4 is 64.0 Å². The molecule has 1 aliphatic heterocycles. The number of rotatable bonds is 4. The molecule has 0 saturated carbocycles. The summed E-state index contributed by atoms with van der Waals surface area (Å²) >= 11 is 14.8. The Labute approximate surface area is 198 Å². The van der Waals surface area contributed by atoms with E-state index in [1.807, 2.05) is 97.1 Å². The van der Waals surface area contributed by atoms with Gasteiger partial charge in [-0.1, -0.05) is 121 Å². The summed E-state index contributed by atoms with van der Waals surface area (Å²) in [6, 6.07) is 40.2. The minimum absolute atomic E-state index is 0.897. The normalized spacial score (nSPS) is 23.9. The van der Waals surface area contributed by atoms with E-state index in [1.165, 1.54) is 0 Å². The topological polar surface area (TPSA) is 37.1 Å². The Balaban J connectivity index is 1.96. The Kier molecular flexibility index (Phi) is 6.06. The number of benzene rings is 4. The quantitative estimate of drug-likeness (QED) is 0.248. The third-order valence-corrected chi connectivity index (χ3v) is 18.6. The van der Waals surface area contributed by atoms with E-state index in [0.29, 0.717) is 0 Å². The molecule has 8 heteroatoms. The summed E-state index contributed by atoms with van der Waals surface area (Å²) in [5.41, 5.74) is 0. The molecule has 3 nitrogen and oxygen atoms in total. The SMILES string of the molecule is Cl[P@]1(c2ccccc2)=NP(c2ccccc2)(c2ccccc2)=N[P@](Cl)(c2ccccc2)=N1. The van der Waals surface area contributed by atoms with Crippen molar-refractivity contribution in [2.24, 2.45) is 13.5 Å². The molecule has 0 amide bonds. The first kappa shape index (κ1) is 22.0. The van der Waals surface area contributed by atoms with Crippen molar-refractivity contribution in [3.63, 3.8) is 0 Å². The van der Waals surface area contributed by atoms with Gasteiger partial charge in [0, 0.05) is 21.2 Å². The van der Waals surface area contributed by atoms with Crippen molar-refractivity contribution in [1.82, 2.24) is 0 Å². The highest BCUT2D eigenvalue weighted by atomic mass is 35.7. The molecule has 0 saturated heterocycles. The molecular weight excluding hydrogens is 494 g/mol. The second kappa shape index (κ2) is 8.83. The first-order chi connectivity index (χ1) is 15.5. The van der Waals surface area contributed by atoms with Gasteiger partial charge in [0.05, 0.1) is 0 Å². The standard InChI is InChI=1S/C24H20Cl2N3P3/c25-31(23-17-9-3-10-18-23)27-30(21-13-5-1-6-14-21,22-15-7-2-8-16-22)28-32(26,29-31)24-19-11-4-12-20-24/h1-20H/t31-,32-/m1/s1. The average molecular weight is 514 g/mol. The largest absolute Gasteiger partial charge is 0.213 e. The van der Waals surface area contributed by atoms with Crippen molar-refractivity contribution in [2.75, 3.05) is 0 Å².